The molecular weight excluding hydrogens is 302 g/mol. The van der Waals surface area contributed by atoms with Crippen molar-refractivity contribution >= 4 is 11.6 Å². The summed E-state index contributed by atoms with van der Waals surface area (Å²) in [4.78, 5) is 12.6. The van der Waals surface area contributed by atoms with Gasteiger partial charge in [-0.1, -0.05) is 39.0 Å². The van der Waals surface area contributed by atoms with Crippen LogP contribution in [0.1, 0.15) is 42.3 Å². The second-order valence-corrected chi connectivity index (χ2v) is 6.75. The van der Waals surface area contributed by atoms with E-state index in [9.17, 15) is 4.79 Å². The van der Waals surface area contributed by atoms with Crippen molar-refractivity contribution in [3.05, 3.63) is 59.2 Å². The molecular formula is C20H25NO3. The van der Waals surface area contributed by atoms with Crippen LogP contribution in [-0.4, -0.2) is 20.1 Å². The molecule has 1 amide bonds. The first kappa shape index (κ1) is 18.0. The van der Waals surface area contributed by atoms with E-state index in [4.69, 9.17) is 9.47 Å². The molecule has 2 rings (SSSR count). The number of anilines is 1. The SMILES string of the molecule is COCc1cccc(C(=O)Nc2cc(C(C)(C)C)ccc2OC)c1. The minimum atomic E-state index is -0.169. The Balaban J connectivity index is 2.29. The molecule has 0 heterocycles. The van der Waals surface area contributed by atoms with E-state index in [2.05, 4.69) is 26.1 Å². The summed E-state index contributed by atoms with van der Waals surface area (Å²) in [6.45, 7) is 6.88. The average Bonchev–Trinajstić information content (AvgIpc) is 2.54. The highest BCUT2D eigenvalue weighted by Crippen LogP contribution is 2.31. The van der Waals surface area contributed by atoms with Crippen LogP contribution < -0.4 is 10.1 Å². The fraction of sp³-hybridized carbons (Fsp3) is 0.350. The predicted octanol–water partition coefficient (Wildman–Crippen LogP) is 4.39. The molecule has 0 saturated heterocycles. The summed E-state index contributed by atoms with van der Waals surface area (Å²) in [5, 5.41) is 2.95. The van der Waals surface area contributed by atoms with Gasteiger partial charge in [-0.05, 0) is 40.8 Å². The number of rotatable bonds is 5. The first-order valence-electron chi connectivity index (χ1n) is 7.93. The molecule has 0 fully saturated rings. The van der Waals surface area contributed by atoms with Crippen LogP contribution in [0.3, 0.4) is 0 Å². The second-order valence-electron chi connectivity index (χ2n) is 6.75. The van der Waals surface area contributed by atoms with Crippen LogP contribution in [0.5, 0.6) is 5.75 Å². The summed E-state index contributed by atoms with van der Waals surface area (Å²) in [6.07, 6.45) is 0. The lowest BCUT2D eigenvalue weighted by atomic mass is 9.87. The molecule has 0 radical (unpaired) electrons. The van der Waals surface area contributed by atoms with Gasteiger partial charge in [0.25, 0.3) is 5.91 Å². The molecule has 24 heavy (non-hydrogen) atoms. The molecule has 1 N–H and O–H groups in total. The Hall–Kier alpha value is -2.33. The fourth-order valence-corrected chi connectivity index (χ4v) is 2.44. The largest absolute Gasteiger partial charge is 0.495 e. The molecule has 0 unspecified atom stereocenters. The van der Waals surface area contributed by atoms with Gasteiger partial charge in [-0.3, -0.25) is 4.79 Å². The zero-order chi connectivity index (χ0) is 17.7. The summed E-state index contributed by atoms with van der Waals surface area (Å²) >= 11 is 0. The van der Waals surface area contributed by atoms with Crippen molar-refractivity contribution in [1.82, 2.24) is 0 Å². The summed E-state index contributed by atoms with van der Waals surface area (Å²) in [7, 11) is 3.23. The molecule has 0 aliphatic heterocycles. The summed E-state index contributed by atoms with van der Waals surface area (Å²) < 4.78 is 10.5. The lowest BCUT2D eigenvalue weighted by Gasteiger charge is -2.21. The van der Waals surface area contributed by atoms with Gasteiger partial charge in [-0.15, -0.1) is 0 Å². The van der Waals surface area contributed by atoms with Gasteiger partial charge in [0.05, 0.1) is 19.4 Å². The third kappa shape index (κ3) is 4.36. The van der Waals surface area contributed by atoms with E-state index in [1.807, 2.05) is 36.4 Å². The van der Waals surface area contributed by atoms with Gasteiger partial charge in [0.15, 0.2) is 0 Å². The Morgan fingerprint density at radius 2 is 1.83 bits per heavy atom. The first-order chi connectivity index (χ1) is 11.3. The zero-order valence-corrected chi connectivity index (χ0v) is 15.0. The molecule has 0 atom stereocenters. The van der Waals surface area contributed by atoms with Gasteiger partial charge in [0, 0.05) is 12.7 Å². The number of hydrogen-bond donors (Lipinski definition) is 1. The van der Waals surface area contributed by atoms with E-state index in [0.717, 1.165) is 11.1 Å². The quantitative estimate of drug-likeness (QED) is 0.886. The van der Waals surface area contributed by atoms with Crippen LogP contribution in [0.15, 0.2) is 42.5 Å². The minimum Gasteiger partial charge on any atom is -0.495 e. The van der Waals surface area contributed by atoms with Crippen molar-refractivity contribution in [3.63, 3.8) is 0 Å². The molecule has 0 aromatic heterocycles. The van der Waals surface area contributed by atoms with Crippen molar-refractivity contribution in [2.45, 2.75) is 32.8 Å². The Labute approximate surface area is 143 Å². The normalized spacial score (nSPS) is 11.2. The molecule has 128 valence electrons. The lowest BCUT2D eigenvalue weighted by molar-refractivity contribution is 0.102. The highest BCUT2D eigenvalue weighted by molar-refractivity contribution is 6.05. The Morgan fingerprint density at radius 3 is 2.46 bits per heavy atom. The van der Waals surface area contributed by atoms with Crippen molar-refractivity contribution in [2.75, 3.05) is 19.5 Å². The average molecular weight is 327 g/mol. The maximum absolute atomic E-state index is 12.6. The van der Waals surface area contributed by atoms with Gasteiger partial charge < -0.3 is 14.8 Å². The lowest BCUT2D eigenvalue weighted by Crippen LogP contribution is -2.15. The Morgan fingerprint density at radius 1 is 1.08 bits per heavy atom. The van der Waals surface area contributed by atoms with Crippen molar-refractivity contribution in [3.8, 4) is 5.75 Å². The number of hydrogen-bond acceptors (Lipinski definition) is 3. The van der Waals surface area contributed by atoms with E-state index in [-0.39, 0.29) is 11.3 Å². The van der Waals surface area contributed by atoms with Gasteiger partial charge in [-0.2, -0.15) is 0 Å². The molecule has 0 bridgehead atoms. The van der Waals surface area contributed by atoms with Crippen LogP contribution in [0, 0.1) is 0 Å². The van der Waals surface area contributed by atoms with Gasteiger partial charge >= 0.3 is 0 Å². The summed E-state index contributed by atoms with van der Waals surface area (Å²) in [5.74, 6) is 0.474. The topological polar surface area (TPSA) is 47.6 Å². The maximum Gasteiger partial charge on any atom is 0.255 e. The molecule has 2 aromatic rings. The zero-order valence-electron chi connectivity index (χ0n) is 15.0. The van der Waals surface area contributed by atoms with Crippen molar-refractivity contribution < 1.29 is 14.3 Å². The number of methoxy groups -OCH3 is 2. The highest BCUT2D eigenvalue weighted by Gasteiger charge is 2.17. The number of carbonyl (C=O) groups is 1. The second kappa shape index (κ2) is 7.49. The van der Waals surface area contributed by atoms with Gasteiger partial charge in [-0.25, -0.2) is 0 Å². The molecule has 0 aliphatic carbocycles. The Bertz CT molecular complexity index is 717. The number of benzene rings is 2. The van der Waals surface area contributed by atoms with Crippen LogP contribution in [0.2, 0.25) is 0 Å². The maximum atomic E-state index is 12.6. The smallest absolute Gasteiger partial charge is 0.255 e. The number of nitrogens with one attached hydrogen (secondary N) is 1. The molecule has 0 saturated carbocycles. The molecule has 2 aromatic carbocycles. The van der Waals surface area contributed by atoms with Crippen LogP contribution in [-0.2, 0) is 16.8 Å². The van der Waals surface area contributed by atoms with E-state index in [1.165, 1.54) is 0 Å². The standard InChI is InChI=1S/C20H25NO3/c1-20(2,3)16-9-10-18(24-5)17(12-16)21-19(22)15-8-6-7-14(11-15)13-23-4/h6-12H,13H2,1-5H3,(H,21,22). The van der Waals surface area contributed by atoms with Crippen LogP contribution in [0.4, 0.5) is 5.69 Å². The molecule has 4 nitrogen and oxygen atoms in total. The van der Waals surface area contributed by atoms with Crippen molar-refractivity contribution in [2.24, 2.45) is 0 Å². The van der Waals surface area contributed by atoms with E-state index >= 15 is 0 Å². The van der Waals surface area contributed by atoms with E-state index < -0.39 is 0 Å². The fourth-order valence-electron chi connectivity index (χ4n) is 2.44. The first-order valence-corrected chi connectivity index (χ1v) is 7.93. The predicted molar refractivity (Wildman–Crippen MR) is 96.8 cm³/mol. The van der Waals surface area contributed by atoms with E-state index in [0.29, 0.717) is 23.6 Å². The number of carbonyl (C=O) groups excluding carboxylic acids is 1. The minimum absolute atomic E-state index is 0.00979. The Kier molecular flexibility index (Phi) is 5.62. The third-order valence-corrected chi connectivity index (χ3v) is 3.81. The van der Waals surface area contributed by atoms with Crippen molar-refractivity contribution in [1.29, 1.82) is 0 Å². The van der Waals surface area contributed by atoms with Gasteiger partial charge in [0.1, 0.15) is 5.75 Å². The summed E-state index contributed by atoms with van der Waals surface area (Å²) in [6, 6.07) is 13.3. The van der Waals surface area contributed by atoms with E-state index in [1.54, 1.807) is 20.3 Å². The molecule has 0 aliphatic rings. The van der Waals surface area contributed by atoms with Gasteiger partial charge in [0.2, 0.25) is 0 Å². The van der Waals surface area contributed by atoms with Crippen LogP contribution >= 0.6 is 0 Å². The van der Waals surface area contributed by atoms with Crippen LogP contribution in [0.25, 0.3) is 0 Å². The highest BCUT2D eigenvalue weighted by atomic mass is 16.5. The number of amides is 1. The molecule has 0 spiro atoms. The summed E-state index contributed by atoms with van der Waals surface area (Å²) in [5.41, 5.74) is 3.34. The number of ether oxygens (including phenoxy) is 2. The third-order valence-electron chi connectivity index (χ3n) is 3.81. The molecule has 4 heteroatoms. The monoisotopic (exact) mass is 327 g/mol.